The van der Waals surface area contributed by atoms with Crippen molar-refractivity contribution >= 4 is 21.7 Å². The summed E-state index contributed by atoms with van der Waals surface area (Å²) in [5.41, 5.74) is 0.377. The number of carbonyl (C=O) groups excluding carboxylic acids is 2. The van der Waals surface area contributed by atoms with E-state index in [0.29, 0.717) is 22.4 Å². The summed E-state index contributed by atoms with van der Waals surface area (Å²) in [6.07, 6.45) is 2.83. The summed E-state index contributed by atoms with van der Waals surface area (Å²) in [6.45, 7) is 2.98. The molecular weight excluding hydrogens is 552 g/mol. The number of pyridine rings is 1. The van der Waals surface area contributed by atoms with Crippen molar-refractivity contribution in [2.24, 2.45) is 0 Å². The number of sulfone groups is 1. The summed E-state index contributed by atoms with van der Waals surface area (Å²) in [7, 11) is -0.714. The zero-order valence-corrected chi connectivity index (χ0v) is 23.9. The first kappa shape index (κ1) is 30.0. The van der Waals surface area contributed by atoms with Crippen LogP contribution in [-0.2, 0) is 31.6 Å². The highest BCUT2D eigenvalue weighted by Crippen LogP contribution is 2.31. The van der Waals surface area contributed by atoms with E-state index in [9.17, 15) is 27.5 Å². The Bertz CT molecular complexity index is 1600. The zero-order valence-electron chi connectivity index (χ0n) is 23.1. The van der Waals surface area contributed by atoms with Crippen LogP contribution >= 0.6 is 0 Å². The lowest BCUT2D eigenvalue weighted by molar-refractivity contribution is -0.143. The van der Waals surface area contributed by atoms with Gasteiger partial charge in [-0.05, 0) is 66.9 Å². The van der Waals surface area contributed by atoms with Crippen LogP contribution in [0.2, 0.25) is 0 Å². The molecule has 0 radical (unpaired) electrons. The van der Waals surface area contributed by atoms with E-state index >= 15 is 4.39 Å². The standard InChI is InChI=1S/C30H31F2N3O5S/c1-30(2,38)26-15-19(11-13-33-26)17-35(23-12-14-41(39,40)18-23)29(37)27(28(36)34(3)4)24-10-7-21(16-25(24)32)20-5-8-22(31)9-6-20/h5-16,23,27,38H,17-18H2,1-4H3. The molecule has 0 bridgehead atoms. The molecule has 3 aromatic rings. The van der Waals surface area contributed by atoms with Gasteiger partial charge in [0.15, 0.2) is 9.84 Å². The Morgan fingerprint density at radius 2 is 1.68 bits per heavy atom. The first-order valence-electron chi connectivity index (χ1n) is 12.8. The highest BCUT2D eigenvalue weighted by Gasteiger charge is 2.40. The normalized spacial score (nSPS) is 16.8. The van der Waals surface area contributed by atoms with Gasteiger partial charge in [-0.2, -0.15) is 0 Å². The maximum atomic E-state index is 15.7. The third-order valence-electron chi connectivity index (χ3n) is 6.82. The number of benzene rings is 2. The summed E-state index contributed by atoms with van der Waals surface area (Å²) in [5, 5.41) is 11.4. The number of amides is 2. The fraction of sp³-hybridized carbons (Fsp3) is 0.300. The summed E-state index contributed by atoms with van der Waals surface area (Å²) in [6, 6.07) is 11.8. The van der Waals surface area contributed by atoms with Crippen molar-refractivity contribution in [2.75, 3.05) is 19.8 Å². The molecule has 0 saturated carbocycles. The minimum absolute atomic E-state index is 0.124. The first-order chi connectivity index (χ1) is 19.2. The van der Waals surface area contributed by atoms with E-state index in [1.54, 1.807) is 26.0 Å². The summed E-state index contributed by atoms with van der Waals surface area (Å²) in [5.74, 6) is -4.74. The molecule has 0 fully saturated rings. The number of hydrogen-bond acceptors (Lipinski definition) is 6. The first-order valence-corrected chi connectivity index (χ1v) is 14.5. The molecule has 0 aliphatic carbocycles. The number of aromatic nitrogens is 1. The van der Waals surface area contributed by atoms with E-state index in [4.69, 9.17) is 0 Å². The molecule has 1 aliphatic heterocycles. The number of halogens is 2. The average Bonchev–Trinajstić information content (AvgIpc) is 3.27. The lowest BCUT2D eigenvalue weighted by Gasteiger charge is -2.32. The predicted molar refractivity (Wildman–Crippen MR) is 150 cm³/mol. The molecule has 1 aromatic heterocycles. The van der Waals surface area contributed by atoms with Gasteiger partial charge in [-0.15, -0.1) is 0 Å². The van der Waals surface area contributed by atoms with Gasteiger partial charge in [-0.25, -0.2) is 17.2 Å². The minimum atomic E-state index is -3.60. The Hall–Kier alpha value is -3.96. The predicted octanol–water partition coefficient (Wildman–Crippen LogP) is 3.77. The second-order valence-electron chi connectivity index (χ2n) is 10.7. The number of hydrogen-bond donors (Lipinski definition) is 1. The molecular formula is C30H31F2N3O5S. The highest BCUT2D eigenvalue weighted by atomic mass is 32.2. The van der Waals surface area contributed by atoms with Crippen LogP contribution in [0.4, 0.5) is 8.78 Å². The molecule has 1 aliphatic rings. The van der Waals surface area contributed by atoms with Crippen LogP contribution in [-0.4, -0.2) is 66.0 Å². The Morgan fingerprint density at radius 3 is 2.24 bits per heavy atom. The Morgan fingerprint density at radius 1 is 1.02 bits per heavy atom. The third-order valence-corrected chi connectivity index (χ3v) is 8.20. The highest BCUT2D eigenvalue weighted by molar-refractivity contribution is 7.94. The van der Waals surface area contributed by atoms with Crippen molar-refractivity contribution in [2.45, 2.75) is 38.0 Å². The van der Waals surface area contributed by atoms with E-state index in [2.05, 4.69) is 4.98 Å². The molecule has 2 amide bonds. The molecule has 0 spiro atoms. The van der Waals surface area contributed by atoms with Gasteiger partial charge < -0.3 is 14.9 Å². The molecule has 0 saturated heterocycles. The van der Waals surface area contributed by atoms with E-state index in [-0.39, 0.29) is 12.1 Å². The van der Waals surface area contributed by atoms with Crippen molar-refractivity contribution < 1.29 is 31.9 Å². The van der Waals surface area contributed by atoms with Crippen molar-refractivity contribution in [3.05, 3.63) is 101 Å². The molecule has 2 heterocycles. The van der Waals surface area contributed by atoms with Crippen LogP contribution in [0.25, 0.3) is 11.1 Å². The van der Waals surface area contributed by atoms with Crippen molar-refractivity contribution in [3.8, 4) is 11.1 Å². The van der Waals surface area contributed by atoms with Gasteiger partial charge in [0.2, 0.25) is 11.8 Å². The van der Waals surface area contributed by atoms with E-state index in [1.807, 2.05) is 0 Å². The van der Waals surface area contributed by atoms with Crippen LogP contribution in [0.3, 0.4) is 0 Å². The average molecular weight is 584 g/mol. The van der Waals surface area contributed by atoms with Crippen LogP contribution in [0.1, 0.15) is 36.6 Å². The number of likely N-dealkylation sites (N-methyl/N-ethyl adjacent to an activating group) is 1. The van der Waals surface area contributed by atoms with Gasteiger partial charge >= 0.3 is 0 Å². The molecule has 4 rings (SSSR count). The maximum absolute atomic E-state index is 15.7. The van der Waals surface area contributed by atoms with Gasteiger partial charge in [-0.1, -0.05) is 24.3 Å². The van der Waals surface area contributed by atoms with Gasteiger partial charge in [0.25, 0.3) is 0 Å². The fourth-order valence-electron chi connectivity index (χ4n) is 4.59. The Balaban J connectivity index is 1.77. The molecule has 2 aromatic carbocycles. The Kier molecular flexibility index (Phi) is 8.41. The molecule has 2 atom stereocenters. The van der Waals surface area contributed by atoms with Crippen molar-refractivity contribution in [1.82, 2.24) is 14.8 Å². The maximum Gasteiger partial charge on any atom is 0.240 e. The lowest BCUT2D eigenvalue weighted by Crippen LogP contribution is -2.47. The molecule has 41 heavy (non-hydrogen) atoms. The molecule has 2 unspecified atom stereocenters. The van der Waals surface area contributed by atoms with E-state index in [1.165, 1.54) is 78.6 Å². The van der Waals surface area contributed by atoms with Crippen LogP contribution in [0.15, 0.2) is 72.3 Å². The summed E-state index contributed by atoms with van der Waals surface area (Å²) < 4.78 is 53.7. The second-order valence-corrected chi connectivity index (χ2v) is 12.6. The monoisotopic (exact) mass is 583 g/mol. The van der Waals surface area contributed by atoms with Gasteiger partial charge in [0.05, 0.1) is 17.5 Å². The van der Waals surface area contributed by atoms with Gasteiger partial charge in [-0.3, -0.25) is 14.6 Å². The number of rotatable bonds is 8. The van der Waals surface area contributed by atoms with Gasteiger partial charge in [0, 0.05) is 37.8 Å². The molecule has 216 valence electrons. The third kappa shape index (κ3) is 6.86. The van der Waals surface area contributed by atoms with Crippen LogP contribution in [0, 0.1) is 11.6 Å². The summed E-state index contributed by atoms with van der Waals surface area (Å²) in [4.78, 5) is 34.2. The quantitative estimate of drug-likeness (QED) is 0.405. The zero-order chi connectivity index (χ0) is 30.1. The number of nitrogens with zero attached hydrogens (tertiary/aromatic N) is 3. The largest absolute Gasteiger partial charge is 0.384 e. The second kappa shape index (κ2) is 11.5. The lowest BCUT2D eigenvalue weighted by atomic mass is 9.92. The Labute approximate surface area is 237 Å². The minimum Gasteiger partial charge on any atom is -0.384 e. The van der Waals surface area contributed by atoms with Gasteiger partial charge in [0.1, 0.15) is 23.2 Å². The van der Waals surface area contributed by atoms with Crippen molar-refractivity contribution in [1.29, 1.82) is 0 Å². The topological polar surface area (TPSA) is 108 Å². The fourth-order valence-corrected chi connectivity index (χ4v) is 5.89. The van der Waals surface area contributed by atoms with Crippen LogP contribution in [0.5, 0.6) is 0 Å². The summed E-state index contributed by atoms with van der Waals surface area (Å²) >= 11 is 0. The number of carbonyl (C=O) groups is 2. The van der Waals surface area contributed by atoms with Crippen molar-refractivity contribution in [3.63, 3.8) is 0 Å². The molecule has 1 N–H and O–H groups in total. The van der Waals surface area contributed by atoms with Crippen LogP contribution < -0.4 is 0 Å². The van der Waals surface area contributed by atoms with E-state index in [0.717, 1.165) is 5.41 Å². The smallest absolute Gasteiger partial charge is 0.240 e. The molecule has 8 nitrogen and oxygen atoms in total. The number of aliphatic hydroxyl groups is 1. The molecule has 11 heteroatoms. The SMILES string of the molecule is CN(C)C(=O)C(C(=O)N(Cc1ccnc(C(C)(C)O)c1)C1C=CS(=O)(=O)C1)c1ccc(-c2ccc(F)cc2)cc1F. The van der Waals surface area contributed by atoms with E-state index < -0.39 is 56.6 Å².